The summed E-state index contributed by atoms with van der Waals surface area (Å²) >= 11 is 6.37. The van der Waals surface area contributed by atoms with Crippen LogP contribution in [-0.2, 0) is 13.1 Å². The van der Waals surface area contributed by atoms with Crippen LogP contribution in [0.1, 0.15) is 48.8 Å². The first-order valence-electron chi connectivity index (χ1n) is 12.5. The molecule has 2 aliphatic heterocycles. The number of halogens is 3. The van der Waals surface area contributed by atoms with Crippen molar-refractivity contribution < 1.29 is 13.5 Å². The van der Waals surface area contributed by atoms with E-state index in [1.165, 1.54) is 13.2 Å². The first-order valence-corrected chi connectivity index (χ1v) is 12.9. The lowest BCUT2D eigenvalue weighted by Gasteiger charge is -2.59. The van der Waals surface area contributed by atoms with Gasteiger partial charge in [-0.1, -0.05) is 11.6 Å². The van der Waals surface area contributed by atoms with Crippen molar-refractivity contribution in [3.8, 4) is 17.5 Å². The zero-order chi connectivity index (χ0) is 25.5. The van der Waals surface area contributed by atoms with Crippen molar-refractivity contribution in [2.24, 2.45) is 5.41 Å². The van der Waals surface area contributed by atoms with E-state index in [1.54, 1.807) is 0 Å². The molecule has 2 saturated carbocycles. The van der Waals surface area contributed by atoms with Gasteiger partial charge in [0.05, 0.1) is 31.1 Å². The highest BCUT2D eigenvalue weighted by Crippen LogP contribution is 2.57. The van der Waals surface area contributed by atoms with Gasteiger partial charge < -0.3 is 9.64 Å². The molecular weight excluding hydrogens is 498 g/mol. The molecule has 0 bridgehead atoms. The average Bonchev–Trinajstić information content (AvgIpc) is 3.56. The Bertz CT molecular complexity index is 1460. The number of hydrogen-bond donors (Lipinski definition) is 0. The third-order valence-corrected chi connectivity index (χ3v) is 8.84. The van der Waals surface area contributed by atoms with E-state index < -0.39 is 17.2 Å². The van der Waals surface area contributed by atoms with Gasteiger partial charge in [0.25, 0.3) is 0 Å². The zero-order valence-corrected chi connectivity index (χ0v) is 21.1. The Morgan fingerprint density at radius 3 is 2.54 bits per heavy atom. The number of nitriles is 1. The zero-order valence-electron chi connectivity index (χ0n) is 20.3. The highest BCUT2D eigenvalue weighted by Gasteiger charge is 2.55. The van der Waals surface area contributed by atoms with E-state index in [0.717, 1.165) is 54.6 Å². The van der Waals surface area contributed by atoms with Gasteiger partial charge >= 0.3 is 0 Å². The second kappa shape index (κ2) is 7.89. The Hall–Kier alpha value is -3.22. The van der Waals surface area contributed by atoms with Crippen molar-refractivity contribution in [1.29, 1.82) is 5.26 Å². The molecule has 10 heteroatoms. The number of benzene rings is 2. The smallest absolute Gasteiger partial charge is 0.168 e. The number of methoxy groups -OCH3 is 1. The lowest BCUT2D eigenvalue weighted by atomic mass is 9.57. The van der Waals surface area contributed by atoms with Crippen molar-refractivity contribution in [3.63, 3.8) is 0 Å². The Balaban J connectivity index is 1.14. The molecule has 37 heavy (non-hydrogen) atoms. The van der Waals surface area contributed by atoms with E-state index >= 15 is 0 Å². The molecule has 1 saturated heterocycles. The summed E-state index contributed by atoms with van der Waals surface area (Å²) in [5.41, 5.74) is 2.12. The third kappa shape index (κ3) is 3.46. The summed E-state index contributed by atoms with van der Waals surface area (Å²) in [6.07, 6.45) is 3.58. The normalized spacial score (nSPS) is 21.3. The Morgan fingerprint density at radius 2 is 1.84 bits per heavy atom. The highest BCUT2D eigenvalue weighted by atomic mass is 35.5. The fourth-order valence-corrected chi connectivity index (χ4v) is 6.68. The Labute approximate surface area is 218 Å². The first kappa shape index (κ1) is 22.9. The molecule has 2 aliphatic carbocycles. The van der Waals surface area contributed by atoms with Gasteiger partial charge in [0.2, 0.25) is 0 Å². The van der Waals surface area contributed by atoms with Crippen molar-refractivity contribution >= 4 is 17.3 Å². The molecule has 3 fully saturated rings. The average molecular weight is 523 g/mol. The topological polar surface area (TPSA) is 70.2 Å². The van der Waals surface area contributed by atoms with Crippen LogP contribution in [0.5, 0.6) is 5.75 Å². The summed E-state index contributed by atoms with van der Waals surface area (Å²) < 4.78 is 35.5. The number of aromatic nitrogens is 3. The van der Waals surface area contributed by atoms with Gasteiger partial charge in [0, 0.05) is 48.1 Å². The van der Waals surface area contributed by atoms with Gasteiger partial charge in [-0.3, -0.25) is 9.47 Å². The van der Waals surface area contributed by atoms with Crippen LogP contribution in [-0.4, -0.2) is 45.4 Å². The summed E-state index contributed by atoms with van der Waals surface area (Å²) in [6, 6.07) is 10.7. The number of rotatable bonds is 4. The molecule has 0 N–H and O–H groups in total. The monoisotopic (exact) mass is 522 g/mol. The van der Waals surface area contributed by atoms with Gasteiger partial charge in [0.15, 0.2) is 17.4 Å². The minimum atomic E-state index is -0.697. The van der Waals surface area contributed by atoms with E-state index in [9.17, 15) is 14.0 Å². The molecule has 0 radical (unpaired) electrons. The number of anilines is 1. The molecule has 7 nitrogen and oxygen atoms in total. The van der Waals surface area contributed by atoms with Crippen LogP contribution in [0.4, 0.5) is 14.5 Å². The summed E-state index contributed by atoms with van der Waals surface area (Å²) in [5.74, 6) is 0.787. The third-order valence-electron chi connectivity index (χ3n) is 8.61. The van der Waals surface area contributed by atoms with E-state index in [1.807, 2.05) is 23.1 Å². The predicted octanol–water partition coefficient (Wildman–Crippen LogP) is 4.96. The SMILES string of the molecule is COc1cc(N2CC3(CC(c4nnc5n4-c4ccc(Cl)cc4CN(C4(C#N)CC4)C5)C3)C2)c(F)cc1F. The molecule has 0 unspecified atom stereocenters. The molecule has 1 spiro atoms. The van der Waals surface area contributed by atoms with Crippen LogP contribution >= 0.6 is 11.6 Å². The molecule has 190 valence electrons. The summed E-state index contributed by atoms with van der Waals surface area (Å²) in [6.45, 7) is 2.62. The minimum absolute atomic E-state index is 0.0483. The summed E-state index contributed by atoms with van der Waals surface area (Å²) in [5, 5.41) is 19.7. The maximum atomic E-state index is 14.5. The maximum absolute atomic E-state index is 14.5. The van der Waals surface area contributed by atoms with Crippen molar-refractivity contribution in [1.82, 2.24) is 19.7 Å². The number of ether oxygens (including phenoxy) is 1. The fourth-order valence-electron chi connectivity index (χ4n) is 6.49. The summed E-state index contributed by atoms with van der Waals surface area (Å²) in [4.78, 5) is 4.15. The predicted molar refractivity (Wildman–Crippen MR) is 133 cm³/mol. The standard InChI is InChI=1S/C27H25ClF2N6O/c1-37-23-8-22(19(29)7-20(23)30)34-14-26(15-34)9-17(10-26)25-33-32-24-12-35(27(13-31)4-5-27)11-16-6-18(28)2-3-21(16)36(24)25/h2-3,6-8,17H,4-5,9-12,14-15H2,1H3. The van der Waals surface area contributed by atoms with Crippen molar-refractivity contribution in [3.05, 3.63) is 64.2 Å². The Kier molecular flexibility index (Phi) is 4.89. The Morgan fingerprint density at radius 1 is 1.05 bits per heavy atom. The van der Waals surface area contributed by atoms with E-state index in [4.69, 9.17) is 16.3 Å². The molecule has 3 heterocycles. The maximum Gasteiger partial charge on any atom is 0.168 e. The van der Waals surface area contributed by atoms with E-state index in [-0.39, 0.29) is 17.1 Å². The number of nitrogens with zero attached hydrogens (tertiary/aromatic N) is 6. The molecule has 0 atom stereocenters. The minimum Gasteiger partial charge on any atom is -0.494 e. The van der Waals surface area contributed by atoms with Gasteiger partial charge in [-0.15, -0.1) is 10.2 Å². The first-order chi connectivity index (χ1) is 17.8. The van der Waals surface area contributed by atoms with Crippen LogP contribution in [0.3, 0.4) is 0 Å². The van der Waals surface area contributed by atoms with Crippen molar-refractivity contribution in [2.45, 2.75) is 50.2 Å². The molecule has 4 aliphatic rings. The molecule has 2 aromatic carbocycles. The molecule has 3 aromatic rings. The van der Waals surface area contributed by atoms with Crippen LogP contribution in [0, 0.1) is 28.4 Å². The second-order valence-electron chi connectivity index (χ2n) is 11.0. The van der Waals surface area contributed by atoms with E-state index in [0.29, 0.717) is 36.9 Å². The van der Waals surface area contributed by atoms with Gasteiger partial charge in [-0.05, 0) is 49.4 Å². The van der Waals surface area contributed by atoms with Gasteiger partial charge in [-0.25, -0.2) is 8.78 Å². The van der Waals surface area contributed by atoms with Crippen LogP contribution in [0.25, 0.3) is 5.69 Å². The van der Waals surface area contributed by atoms with Crippen LogP contribution in [0.2, 0.25) is 5.02 Å². The van der Waals surface area contributed by atoms with Crippen molar-refractivity contribution in [2.75, 3.05) is 25.1 Å². The fraction of sp³-hybridized carbons (Fsp3) is 0.444. The van der Waals surface area contributed by atoms with Crippen LogP contribution in [0.15, 0.2) is 30.3 Å². The van der Waals surface area contributed by atoms with Gasteiger partial charge in [-0.2, -0.15) is 5.26 Å². The number of hydrogen-bond acceptors (Lipinski definition) is 6. The number of fused-ring (bicyclic) bond motifs is 3. The molecule has 7 rings (SSSR count). The summed E-state index contributed by atoms with van der Waals surface area (Å²) in [7, 11) is 1.38. The second-order valence-corrected chi connectivity index (χ2v) is 11.4. The highest BCUT2D eigenvalue weighted by molar-refractivity contribution is 6.30. The largest absolute Gasteiger partial charge is 0.494 e. The van der Waals surface area contributed by atoms with Crippen LogP contribution < -0.4 is 9.64 Å². The van der Waals surface area contributed by atoms with E-state index in [2.05, 4.69) is 25.7 Å². The lowest BCUT2D eigenvalue weighted by molar-refractivity contribution is 0.0582. The quantitative estimate of drug-likeness (QED) is 0.482. The molecule has 1 aromatic heterocycles. The molecule has 0 amide bonds. The lowest BCUT2D eigenvalue weighted by Crippen LogP contribution is -2.62. The van der Waals surface area contributed by atoms with Gasteiger partial charge in [0.1, 0.15) is 17.2 Å². The molecular formula is C27H25ClF2N6O.